The van der Waals surface area contributed by atoms with Crippen LogP contribution in [0.25, 0.3) is 33.4 Å². The number of oxazole rings is 1. The highest BCUT2D eigenvalue weighted by molar-refractivity contribution is 6.39. The van der Waals surface area contributed by atoms with Crippen molar-refractivity contribution < 1.29 is 95.9 Å². The standard InChI is InChI=1S/C85H126N14O20/c1-53-18-10-9-11-19-54(2)69(110-7)49-62-25-22-58(6)85(109,119-62)79(106)82(107)98-32-15-12-21-65(98)83(108)117-70(50-66(100)55(3)45-57(5)77(104)78(105)76(103)56(4)44-53)63(86)46-59-23-26-68(71(47-59)111-8)116-35-17-13-20-61-51-97(96-94-61)34-37-113-39-41-115-43-42-114-40-38-112-36-31-90-73(102)29-28-72(101)89-30-14-16-33-99-81-74(80(87)91-52-92-81)75(95-99)60-24-27-67-64(48-60)93-84(88)118-67/h9-11,18-19,24,27,45,48,51-53,55-56,58-59,62-63,65,68-71,77-78,104-105,109H,12-17,20-23,25-26,28-44,46-47,49-50,86H2,1-8H3,(H2,88,93)(H,89,101)(H,90,102)(H2,87,91,92)/b11-9?,18-10+,54-19?,57-45+/t53-,55-,56-,58-,59+,62+,63-,65+,68-,69+,70+,71-,77-,78+,85-/m1/s1. The summed E-state index contributed by atoms with van der Waals surface area (Å²) in [5.41, 5.74) is 24.1. The van der Waals surface area contributed by atoms with Gasteiger partial charge in [-0.05, 0) is 151 Å². The largest absolute Gasteiger partial charge is 0.459 e. The molecule has 1 aromatic carbocycles. The predicted molar refractivity (Wildman–Crippen MR) is 441 cm³/mol. The van der Waals surface area contributed by atoms with Crippen molar-refractivity contribution in [2.45, 2.75) is 237 Å². The number of rotatable bonds is 35. The number of esters is 1. The molecular weight excluding hydrogens is 1540 g/mol. The Balaban J connectivity index is 0.630. The van der Waals surface area contributed by atoms with Crippen LogP contribution in [0.4, 0.5) is 11.8 Å². The number of nitrogen functional groups attached to an aromatic ring is 2. The molecule has 656 valence electrons. The van der Waals surface area contributed by atoms with Crippen LogP contribution in [0.5, 0.6) is 0 Å². The SMILES string of the molecule is CO[C@H]1C[C@@H]2CC[C@@H](C)[C@@](O)(O2)C(=O)C(=O)N2CCCC[C@H]2C(=O)O[C@H]([C@H](N)C[C@@H]2CC[C@@H](OCCCCc3cn(CCOCCOCCOCCOCCNC(=O)CCC(=O)NCCCCn4nc(-c5ccc6oc(N)nc6c5)c5c(N)ncnc54)nn3)[C@H](OC)C2)CC(=O)[C@H](C)/C=C(\C)[C@@H](O)[C@@H](O)C(=O)[C@H](C)C[C@H](C)/C=C/C=CC=C1C. The van der Waals surface area contributed by atoms with Gasteiger partial charge in [0.2, 0.25) is 17.6 Å². The number of ether oxygens (including phenoxy) is 9. The lowest BCUT2D eigenvalue weighted by molar-refractivity contribution is -0.265. The first kappa shape index (κ1) is 94.2. The number of unbranched alkanes of at least 4 members (excludes halogenated alkanes) is 2. The Morgan fingerprint density at radius 2 is 1.49 bits per heavy atom. The highest BCUT2D eigenvalue weighted by atomic mass is 16.6. The van der Waals surface area contributed by atoms with Crippen LogP contribution in [0.15, 0.2) is 82.7 Å². The quantitative estimate of drug-likeness (QED) is 0.00925. The molecule has 15 atom stereocenters. The molecule has 3 fully saturated rings. The van der Waals surface area contributed by atoms with E-state index in [0.29, 0.717) is 196 Å². The summed E-state index contributed by atoms with van der Waals surface area (Å²) < 4.78 is 62.3. The number of nitrogens with zero attached hydrogens (tertiary/aromatic N) is 9. The molecule has 4 aromatic heterocycles. The summed E-state index contributed by atoms with van der Waals surface area (Å²) in [5.74, 6) is -9.09. The van der Waals surface area contributed by atoms with Crippen molar-refractivity contribution in [2.75, 3.05) is 105 Å². The van der Waals surface area contributed by atoms with E-state index in [-0.39, 0.29) is 86.1 Å². The number of fused-ring (bicyclic) bond motifs is 5. The topological polar surface area (TPSA) is 469 Å². The molecule has 11 N–H and O–H groups in total. The average Bonchev–Trinajstić information content (AvgIpc) is 1.62. The summed E-state index contributed by atoms with van der Waals surface area (Å²) >= 11 is 0. The molecule has 2 saturated heterocycles. The fraction of sp³-hybridized carbons (Fsp3) is 0.659. The Kier molecular flexibility index (Phi) is 37.6. The number of aliphatic hydroxyl groups excluding tert-OH is 2. The zero-order valence-corrected chi connectivity index (χ0v) is 70.3. The number of ketones is 3. The molecule has 0 unspecified atom stereocenters. The lowest BCUT2D eigenvalue weighted by atomic mass is 9.80. The number of nitrogens with one attached hydrogen (secondary N) is 2. The van der Waals surface area contributed by atoms with Crippen molar-refractivity contribution in [3.8, 4) is 11.3 Å². The number of piperidine rings is 1. The van der Waals surface area contributed by atoms with E-state index in [1.807, 2.05) is 62.6 Å². The number of aromatic nitrogens is 8. The zero-order chi connectivity index (χ0) is 85.5. The van der Waals surface area contributed by atoms with Gasteiger partial charge in [-0.2, -0.15) is 10.1 Å². The fourth-order valence-corrected chi connectivity index (χ4v) is 15.7. The molecule has 7 heterocycles. The van der Waals surface area contributed by atoms with Crippen molar-refractivity contribution in [1.29, 1.82) is 0 Å². The van der Waals surface area contributed by atoms with Crippen LogP contribution in [0.1, 0.15) is 163 Å². The number of benzene rings is 1. The van der Waals surface area contributed by atoms with E-state index in [4.69, 9.17) is 69.3 Å². The normalized spacial score (nSPS) is 26.7. The second-order valence-electron chi connectivity index (χ2n) is 32.0. The fourth-order valence-electron chi connectivity index (χ4n) is 15.7. The van der Waals surface area contributed by atoms with Gasteiger partial charge in [0.15, 0.2) is 17.0 Å². The van der Waals surface area contributed by atoms with E-state index in [9.17, 15) is 48.9 Å². The maximum absolute atomic E-state index is 14.7. The third kappa shape index (κ3) is 27.9. The van der Waals surface area contributed by atoms with Crippen molar-refractivity contribution >= 4 is 75.0 Å². The van der Waals surface area contributed by atoms with Gasteiger partial charge in [0, 0.05) is 108 Å². The van der Waals surface area contributed by atoms with E-state index >= 15 is 0 Å². The number of cyclic esters (lactones) is 1. The van der Waals surface area contributed by atoms with Crippen LogP contribution < -0.4 is 27.8 Å². The van der Waals surface area contributed by atoms with Gasteiger partial charge >= 0.3 is 5.97 Å². The van der Waals surface area contributed by atoms with Gasteiger partial charge in [-0.1, -0.05) is 69.4 Å². The second kappa shape index (κ2) is 47.5. The molecule has 1 aliphatic carbocycles. The average molecular weight is 1660 g/mol. The number of amides is 3. The van der Waals surface area contributed by atoms with E-state index in [0.717, 1.165) is 34.6 Å². The third-order valence-corrected chi connectivity index (χ3v) is 22.8. The van der Waals surface area contributed by atoms with E-state index < -0.39 is 95.4 Å². The zero-order valence-electron chi connectivity index (χ0n) is 70.3. The summed E-state index contributed by atoms with van der Waals surface area (Å²) in [6.07, 6.45) is 16.3. The number of allylic oxidation sites excluding steroid dienone is 6. The molecule has 0 radical (unpaired) electrons. The number of Topliss-reactive ketones (excluding diaryl/α,β-unsaturated/α-hetero) is 3. The van der Waals surface area contributed by atoms with Crippen LogP contribution in [0.3, 0.4) is 0 Å². The Morgan fingerprint density at radius 1 is 0.756 bits per heavy atom. The maximum atomic E-state index is 14.7. The number of carbonyl (C=O) groups excluding carboxylic acids is 7. The van der Waals surface area contributed by atoms with Gasteiger partial charge < -0.3 is 95.1 Å². The maximum Gasteiger partial charge on any atom is 0.329 e. The number of aryl methyl sites for hydroxylation is 2. The van der Waals surface area contributed by atoms with Crippen molar-refractivity contribution in [1.82, 2.24) is 55.3 Å². The van der Waals surface area contributed by atoms with Crippen LogP contribution in [0.2, 0.25) is 0 Å². The molecule has 5 aromatic rings. The monoisotopic (exact) mass is 1660 g/mol. The highest BCUT2D eigenvalue weighted by Gasteiger charge is 2.53. The van der Waals surface area contributed by atoms with Crippen molar-refractivity contribution in [2.24, 2.45) is 35.3 Å². The molecule has 3 aliphatic heterocycles. The number of carbonyl (C=O) groups is 7. The van der Waals surface area contributed by atoms with Gasteiger partial charge in [0.1, 0.15) is 53.5 Å². The minimum absolute atomic E-state index is 0.0229. The number of hydrogen-bond donors (Lipinski definition) is 8. The molecular formula is C85H126N14O20. The van der Waals surface area contributed by atoms with E-state index in [2.05, 4.69) is 35.9 Å². The summed E-state index contributed by atoms with van der Waals surface area (Å²) in [7, 11) is 3.19. The number of methoxy groups -OCH3 is 2. The predicted octanol–water partition coefficient (Wildman–Crippen LogP) is 6.53. The molecule has 3 amide bonds. The molecule has 34 heteroatoms. The lowest BCUT2D eigenvalue weighted by Gasteiger charge is -2.42. The van der Waals surface area contributed by atoms with Crippen LogP contribution >= 0.6 is 0 Å². The van der Waals surface area contributed by atoms with Gasteiger partial charge in [-0.25, -0.2) is 24.1 Å². The summed E-state index contributed by atoms with van der Waals surface area (Å²) in [6, 6.07) is 3.38. The minimum Gasteiger partial charge on any atom is -0.459 e. The first-order valence-electron chi connectivity index (χ1n) is 42.1. The Labute approximate surface area is 695 Å². The number of hydrogen-bond acceptors (Lipinski definition) is 29. The molecule has 2 bridgehead atoms. The van der Waals surface area contributed by atoms with Gasteiger partial charge in [0.25, 0.3) is 17.7 Å². The Morgan fingerprint density at radius 3 is 2.23 bits per heavy atom. The Bertz CT molecular complexity index is 4240. The highest BCUT2D eigenvalue weighted by Crippen LogP contribution is 2.39. The summed E-state index contributed by atoms with van der Waals surface area (Å²) in [6.45, 7) is 15.6. The molecule has 34 nitrogen and oxygen atoms in total. The smallest absolute Gasteiger partial charge is 0.329 e. The first-order valence-corrected chi connectivity index (χ1v) is 42.1. The molecule has 0 spiro atoms. The number of aliphatic hydroxyl groups is 3. The molecule has 1 saturated carbocycles. The van der Waals surface area contributed by atoms with Gasteiger partial charge in [-0.3, -0.25) is 28.8 Å². The number of nitrogens with two attached hydrogens (primary N) is 3. The lowest BCUT2D eigenvalue weighted by Crippen LogP contribution is -2.61. The van der Waals surface area contributed by atoms with Crippen molar-refractivity contribution in [3.05, 3.63) is 84.0 Å². The van der Waals surface area contributed by atoms with Gasteiger partial charge in [-0.15, -0.1) is 5.10 Å². The van der Waals surface area contributed by atoms with Gasteiger partial charge in [0.05, 0.1) is 94.9 Å². The first-order chi connectivity index (χ1) is 57.2. The van der Waals surface area contributed by atoms with E-state index in [1.54, 1.807) is 50.4 Å². The van der Waals surface area contributed by atoms with E-state index in [1.165, 1.54) is 19.3 Å². The second-order valence-corrected chi connectivity index (χ2v) is 32.0. The minimum atomic E-state index is -2.49. The summed E-state index contributed by atoms with van der Waals surface area (Å²) in [5, 5.41) is 54.3. The van der Waals surface area contributed by atoms with Crippen LogP contribution in [-0.4, -0.2) is 255 Å². The van der Waals surface area contributed by atoms with Crippen molar-refractivity contribution in [3.63, 3.8) is 0 Å². The molecule has 119 heavy (non-hydrogen) atoms. The van der Waals surface area contributed by atoms with Crippen LogP contribution in [0, 0.1) is 29.6 Å². The number of anilines is 2. The third-order valence-electron chi connectivity index (χ3n) is 22.8. The molecule has 9 rings (SSSR count). The molecule has 4 aliphatic rings. The van der Waals surface area contributed by atoms with Crippen LogP contribution in [-0.2, 0) is 95.7 Å². The Hall–Kier alpha value is -8.65. The summed E-state index contributed by atoms with van der Waals surface area (Å²) in [4.78, 5) is 110.